The lowest BCUT2D eigenvalue weighted by Crippen LogP contribution is -2.31. The maximum atomic E-state index is 4.35. The topological polar surface area (TPSA) is 29.7 Å². The third-order valence-electron chi connectivity index (χ3n) is 1.94. The minimum Gasteiger partial charge on any atom is -0.251 e. The first-order chi connectivity index (χ1) is 6.79. The van der Waals surface area contributed by atoms with Crippen molar-refractivity contribution >= 4 is 22.6 Å². The molecule has 2 aromatic rings. The summed E-state index contributed by atoms with van der Waals surface area (Å²) in [5.41, 5.74) is 2.07. The second-order valence-corrected chi connectivity index (χ2v) is 4.07. The van der Waals surface area contributed by atoms with Crippen LogP contribution in [0.5, 0.6) is 0 Å². The molecule has 0 spiro atoms. The van der Waals surface area contributed by atoms with Crippen LogP contribution in [0, 0.1) is 3.57 Å². The molecule has 2 aromatic heterocycles. The highest BCUT2D eigenvalue weighted by atomic mass is 127. The van der Waals surface area contributed by atoms with Crippen LogP contribution < -0.4 is 4.57 Å². The highest BCUT2D eigenvalue weighted by Crippen LogP contribution is 2.18. The van der Waals surface area contributed by atoms with E-state index in [2.05, 4.69) is 32.6 Å². The van der Waals surface area contributed by atoms with Gasteiger partial charge in [0.15, 0.2) is 5.69 Å². The van der Waals surface area contributed by atoms with Crippen molar-refractivity contribution in [2.45, 2.75) is 0 Å². The predicted octanol–water partition coefficient (Wildman–Crippen LogP) is 1.57. The summed E-state index contributed by atoms with van der Waals surface area (Å²) in [5, 5.41) is 0. The van der Waals surface area contributed by atoms with Crippen LogP contribution >= 0.6 is 22.6 Å². The molecule has 0 aliphatic rings. The average Bonchev–Trinajstić information content (AvgIpc) is 2.20. The number of hydrogen-bond acceptors (Lipinski definition) is 2. The average molecular weight is 298 g/mol. The molecule has 70 valence electrons. The summed E-state index contributed by atoms with van der Waals surface area (Å²) < 4.78 is 3.11. The number of aromatic nitrogens is 3. The van der Waals surface area contributed by atoms with Crippen LogP contribution in [0.15, 0.2) is 36.9 Å². The molecule has 0 radical (unpaired) electrons. The molecule has 0 atom stereocenters. The van der Waals surface area contributed by atoms with Crippen molar-refractivity contribution in [1.82, 2.24) is 9.97 Å². The maximum Gasteiger partial charge on any atom is 0.286 e. The van der Waals surface area contributed by atoms with E-state index in [-0.39, 0.29) is 0 Å². The van der Waals surface area contributed by atoms with Gasteiger partial charge in [0.2, 0.25) is 0 Å². The number of hydrogen-bond donors (Lipinski definition) is 0. The summed E-state index contributed by atoms with van der Waals surface area (Å²) in [4.78, 5) is 8.39. The van der Waals surface area contributed by atoms with Crippen molar-refractivity contribution in [2.24, 2.45) is 7.05 Å². The molecule has 0 unspecified atom stereocenters. The molecular weight excluding hydrogens is 289 g/mol. The van der Waals surface area contributed by atoms with Crippen molar-refractivity contribution in [3.63, 3.8) is 0 Å². The number of halogens is 1. The van der Waals surface area contributed by atoms with Crippen molar-refractivity contribution in [3.05, 3.63) is 40.5 Å². The van der Waals surface area contributed by atoms with Gasteiger partial charge in [-0.1, -0.05) is 4.98 Å². The van der Waals surface area contributed by atoms with Gasteiger partial charge in [-0.25, -0.2) is 4.57 Å². The predicted molar refractivity (Wildman–Crippen MR) is 61.4 cm³/mol. The molecule has 2 heterocycles. The van der Waals surface area contributed by atoms with Crippen molar-refractivity contribution in [3.8, 4) is 11.4 Å². The number of rotatable bonds is 1. The van der Waals surface area contributed by atoms with Gasteiger partial charge in [0.05, 0.1) is 7.05 Å². The molecule has 2 rings (SSSR count). The van der Waals surface area contributed by atoms with E-state index < -0.39 is 0 Å². The smallest absolute Gasteiger partial charge is 0.251 e. The first-order valence-corrected chi connectivity index (χ1v) is 5.27. The Labute approximate surface area is 96.0 Å². The van der Waals surface area contributed by atoms with E-state index in [4.69, 9.17) is 0 Å². The molecule has 0 saturated carbocycles. The van der Waals surface area contributed by atoms with E-state index in [9.17, 15) is 0 Å². The van der Waals surface area contributed by atoms with E-state index in [1.165, 1.54) is 0 Å². The van der Waals surface area contributed by atoms with Gasteiger partial charge in [0, 0.05) is 15.8 Å². The molecule has 0 aliphatic carbocycles. The van der Waals surface area contributed by atoms with Crippen LogP contribution in [0.2, 0.25) is 0 Å². The molecule has 0 amide bonds. The molecule has 0 aliphatic heterocycles. The highest BCUT2D eigenvalue weighted by Gasteiger charge is 2.10. The van der Waals surface area contributed by atoms with Gasteiger partial charge in [-0.3, -0.25) is 4.98 Å². The van der Waals surface area contributed by atoms with Crippen LogP contribution in [0.4, 0.5) is 0 Å². The summed E-state index contributed by atoms with van der Waals surface area (Å²) in [6.07, 6.45) is 5.36. The molecule has 0 bridgehead atoms. The molecule has 3 nitrogen and oxygen atoms in total. The van der Waals surface area contributed by atoms with Gasteiger partial charge in [-0.15, -0.1) is 0 Å². The van der Waals surface area contributed by atoms with E-state index in [0.717, 1.165) is 15.0 Å². The second-order valence-electron chi connectivity index (χ2n) is 2.91. The largest absolute Gasteiger partial charge is 0.286 e. The standard InChI is InChI=1S/C10H9IN3/c1-14-7-12-6-4-9(14)10-8(11)3-2-5-13-10/h2-7H,1H3/q+1. The van der Waals surface area contributed by atoms with Crippen LogP contribution in [-0.4, -0.2) is 9.97 Å². The summed E-state index contributed by atoms with van der Waals surface area (Å²) in [6.45, 7) is 0. The van der Waals surface area contributed by atoms with Gasteiger partial charge < -0.3 is 0 Å². The van der Waals surface area contributed by atoms with E-state index in [1.807, 2.05) is 29.8 Å². The minimum atomic E-state index is 0.998. The SMILES string of the molecule is C[n+]1cnccc1-c1ncccc1I. The van der Waals surface area contributed by atoms with Crippen molar-refractivity contribution in [1.29, 1.82) is 0 Å². The van der Waals surface area contributed by atoms with E-state index in [1.54, 1.807) is 18.7 Å². The van der Waals surface area contributed by atoms with Crippen molar-refractivity contribution < 1.29 is 4.57 Å². The maximum absolute atomic E-state index is 4.35. The van der Waals surface area contributed by atoms with Gasteiger partial charge in [0.1, 0.15) is 11.9 Å². The molecule has 4 heteroatoms. The lowest BCUT2D eigenvalue weighted by molar-refractivity contribution is -0.663. The Morgan fingerprint density at radius 2 is 2.14 bits per heavy atom. The number of pyridine rings is 1. The second kappa shape index (κ2) is 4.00. The third-order valence-corrected chi connectivity index (χ3v) is 2.81. The van der Waals surface area contributed by atoms with E-state index >= 15 is 0 Å². The lowest BCUT2D eigenvalue weighted by atomic mass is 10.2. The van der Waals surface area contributed by atoms with Gasteiger partial charge >= 0.3 is 0 Å². The quantitative estimate of drug-likeness (QED) is 0.591. The summed E-state index contributed by atoms with van der Waals surface area (Å²) in [7, 11) is 1.97. The normalized spacial score (nSPS) is 10.1. The van der Waals surface area contributed by atoms with E-state index in [0.29, 0.717) is 0 Å². The number of aryl methyl sites for hydroxylation is 1. The molecule has 0 fully saturated rings. The van der Waals surface area contributed by atoms with Crippen LogP contribution in [-0.2, 0) is 7.05 Å². The Morgan fingerprint density at radius 1 is 1.29 bits per heavy atom. The fourth-order valence-electron chi connectivity index (χ4n) is 1.25. The fraction of sp³-hybridized carbons (Fsp3) is 0.100. The monoisotopic (exact) mass is 298 g/mol. The summed E-state index contributed by atoms with van der Waals surface area (Å²) >= 11 is 2.28. The highest BCUT2D eigenvalue weighted by molar-refractivity contribution is 14.1. The zero-order chi connectivity index (χ0) is 9.97. The van der Waals surface area contributed by atoms with Crippen LogP contribution in [0.3, 0.4) is 0 Å². The minimum absolute atomic E-state index is 0.998. The Morgan fingerprint density at radius 3 is 2.86 bits per heavy atom. The molecule has 14 heavy (non-hydrogen) atoms. The lowest BCUT2D eigenvalue weighted by Gasteiger charge is -2.02. The molecular formula is C10H9IN3+. The van der Waals surface area contributed by atoms with Gasteiger partial charge in [0.25, 0.3) is 6.33 Å². The van der Waals surface area contributed by atoms with Crippen LogP contribution in [0.1, 0.15) is 0 Å². The Bertz CT molecular complexity index is 413. The first kappa shape index (κ1) is 9.51. The Balaban J connectivity index is 2.61. The summed E-state index contributed by atoms with van der Waals surface area (Å²) in [5.74, 6) is 0. The van der Waals surface area contributed by atoms with Crippen LogP contribution in [0.25, 0.3) is 11.4 Å². The molecule has 0 saturated heterocycles. The Hall–Kier alpha value is -1.04. The Kier molecular flexibility index (Phi) is 2.72. The fourth-order valence-corrected chi connectivity index (χ4v) is 1.88. The zero-order valence-electron chi connectivity index (χ0n) is 7.68. The third kappa shape index (κ3) is 1.75. The number of nitrogens with zero attached hydrogens (tertiary/aromatic N) is 3. The van der Waals surface area contributed by atoms with Gasteiger partial charge in [-0.2, -0.15) is 0 Å². The zero-order valence-corrected chi connectivity index (χ0v) is 9.84. The van der Waals surface area contributed by atoms with Gasteiger partial charge in [-0.05, 0) is 34.7 Å². The first-order valence-electron chi connectivity index (χ1n) is 4.19. The van der Waals surface area contributed by atoms with Crippen molar-refractivity contribution in [2.75, 3.05) is 0 Å². The summed E-state index contributed by atoms with van der Waals surface area (Å²) in [6, 6.07) is 5.94. The molecule has 0 N–H and O–H groups in total. The molecule has 0 aromatic carbocycles.